The summed E-state index contributed by atoms with van der Waals surface area (Å²) in [6.07, 6.45) is 3.06. The summed E-state index contributed by atoms with van der Waals surface area (Å²) in [6.45, 7) is 2.12. The smallest absolute Gasteiger partial charge is 0.144 e. The monoisotopic (exact) mass is 244 g/mol. The van der Waals surface area contributed by atoms with E-state index in [2.05, 4.69) is 35.9 Å². The van der Waals surface area contributed by atoms with Crippen molar-refractivity contribution in [2.75, 3.05) is 14.1 Å². The number of hydrazine groups is 1. The van der Waals surface area contributed by atoms with E-state index in [-0.39, 0.29) is 6.17 Å². The number of rotatable bonds is 4. The van der Waals surface area contributed by atoms with Gasteiger partial charge >= 0.3 is 0 Å². The number of nitrogens with one attached hydrogen (secondary N) is 2. The zero-order valence-electron chi connectivity index (χ0n) is 11.1. The summed E-state index contributed by atoms with van der Waals surface area (Å²) in [5.74, 6) is 0.954. The summed E-state index contributed by atoms with van der Waals surface area (Å²) in [7, 11) is 3.92. The minimum absolute atomic E-state index is 0.0115. The lowest BCUT2D eigenvalue weighted by atomic mass is 10.2. The molecule has 4 heteroatoms. The van der Waals surface area contributed by atoms with E-state index in [0.717, 1.165) is 12.3 Å². The van der Waals surface area contributed by atoms with Crippen molar-refractivity contribution in [2.45, 2.75) is 19.5 Å². The van der Waals surface area contributed by atoms with Gasteiger partial charge in [0.1, 0.15) is 12.0 Å². The molecular weight excluding hydrogens is 224 g/mol. The van der Waals surface area contributed by atoms with Crippen molar-refractivity contribution in [3.63, 3.8) is 0 Å². The van der Waals surface area contributed by atoms with Gasteiger partial charge in [-0.05, 0) is 12.0 Å². The van der Waals surface area contributed by atoms with E-state index in [0.29, 0.717) is 0 Å². The van der Waals surface area contributed by atoms with Crippen molar-refractivity contribution in [3.05, 3.63) is 47.7 Å². The molecule has 0 saturated heterocycles. The van der Waals surface area contributed by atoms with Crippen LogP contribution in [0.3, 0.4) is 0 Å². The lowest BCUT2D eigenvalue weighted by molar-refractivity contribution is 0.354. The Morgan fingerprint density at radius 3 is 2.78 bits per heavy atom. The Hall–Kier alpha value is -1.81. The highest BCUT2D eigenvalue weighted by atomic mass is 15.6. The maximum Gasteiger partial charge on any atom is 0.144 e. The van der Waals surface area contributed by atoms with Gasteiger partial charge in [-0.3, -0.25) is 5.01 Å². The number of likely N-dealkylation sites (N-methyl/N-ethyl adjacent to an activating group) is 1. The largest absolute Gasteiger partial charge is 0.391 e. The Bertz CT molecular complexity index is 444. The summed E-state index contributed by atoms with van der Waals surface area (Å²) in [5.41, 5.74) is 5.68. The molecule has 0 spiro atoms. The van der Waals surface area contributed by atoms with E-state index in [1.165, 1.54) is 11.3 Å². The van der Waals surface area contributed by atoms with Gasteiger partial charge in [0, 0.05) is 25.9 Å². The van der Waals surface area contributed by atoms with Crippen LogP contribution in [0.4, 0.5) is 0 Å². The molecule has 0 radical (unpaired) electrons. The molecule has 1 unspecified atom stereocenters. The maximum absolute atomic E-state index is 4.69. The fraction of sp³-hybridized carbons (Fsp3) is 0.357. The Balaban J connectivity index is 2.20. The second kappa shape index (κ2) is 5.69. The third-order valence-corrected chi connectivity index (χ3v) is 3.04. The van der Waals surface area contributed by atoms with Crippen molar-refractivity contribution in [1.29, 1.82) is 0 Å². The number of nitrogens with zero attached hydrogens (tertiary/aromatic N) is 2. The van der Waals surface area contributed by atoms with E-state index in [1.54, 1.807) is 0 Å². The third kappa shape index (κ3) is 2.71. The normalized spacial score (nSPS) is 19.9. The maximum atomic E-state index is 4.69. The van der Waals surface area contributed by atoms with Crippen LogP contribution in [0.5, 0.6) is 0 Å². The van der Waals surface area contributed by atoms with Crippen molar-refractivity contribution in [3.8, 4) is 0 Å². The molecule has 0 bridgehead atoms. The number of benzene rings is 1. The predicted octanol–water partition coefficient (Wildman–Crippen LogP) is 2.05. The molecule has 1 aliphatic heterocycles. The quantitative estimate of drug-likeness (QED) is 0.851. The predicted molar refractivity (Wildman–Crippen MR) is 75.0 cm³/mol. The number of hydrogen-bond acceptors (Lipinski definition) is 4. The summed E-state index contributed by atoms with van der Waals surface area (Å²) in [5, 5.41) is 5.14. The van der Waals surface area contributed by atoms with Crippen LogP contribution in [0, 0.1) is 0 Å². The van der Waals surface area contributed by atoms with E-state index in [1.807, 2.05) is 37.3 Å². The van der Waals surface area contributed by atoms with Gasteiger partial charge in [-0.25, -0.2) is 10.4 Å². The van der Waals surface area contributed by atoms with E-state index < -0.39 is 0 Å². The topological polar surface area (TPSA) is 39.7 Å². The molecule has 1 aromatic rings. The van der Waals surface area contributed by atoms with Crippen molar-refractivity contribution >= 4 is 5.84 Å². The highest BCUT2D eigenvalue weighted by molar-refractivity contribution is 5.94. The SMILES string of the molecule is CC/C(=C\C1=NC(c2ccccc2)NN1C)NC. The fourth-order valence-electron chi connectivity index (χ4n) is 1.92. The molecule has 0 aliphatic carbocycles. The van der Waals surface area contributed by atoms with Gasteiger partial charge in [-0.1, -0.05) is 37.3 Å². The van der Waals surface area contributed by atoms with Gasteiger partial charge in [-0.15, -0.1) is 0 Å². The number of allylic oxidation sites excluding steroid dienone is 1. The van der Waals surface area contributed by atoms with Crippen LogP contribution in [-0.2, 0) is 0 Å². The first-order valence-electron chi connectivity index (χ1n) is 6.25. The molecular formula is C14H20N4. The van der Waals surface area contributed by atoms with Crippen LogP contribution in [-0.4, -0.2) is 24.9 Å². The summed E-state index contributed by atoms with van der Waals surface area (Å²) in [4.78, 5) is 4.69. The van der Waals surface area contributed by atoms with E-state index in [9.17, 15) is 0 Å². The average Bonchev–Trinajstić information content (AvgIpc) is 2.78. The lowest BCUT2D eigenvalue weighted by Crippen LogP contribution is -2.33. The molecule has 96 valence electrons. The molecule has 2 N–H and O–H groups in total. The molecule has 0 amide bonds. The number of aliphatic imine (C=N–C) groups is 1. The zero-order valence-corrected chi connectivity index (χ0v) is 11.1. The Morgan fingerprint density at radius 2 is 2.17 bits per heavy atom. The van der Waals surface area contributed by atoms with Crippen molar-refractivity contribution in [1.82, 2.24) is 15.8 Å². The van der Waals surface area contributed by atoms with Gasteiger partial charge in [0.05, 0.1) is 0 Å². The Morgan fingerprint density at radius 1 is 1.44 bits per heavy atom. The van der Waals surface area contributed by atoms with Gasteiger partial charge in [0.15, 0.2) is 0 Å². The fourth-order valence-corrected chi connectivity index (χ4v) is 1.92. The van der Waals surface area contributed by atoms with Crippen LogP contribution in [0.2, 0.25) is 0 Å². The highest BCUT2D eigenvalue weighted by Crippen LogP contribution is 2.20. The molecule has 1 heterocycles. The van der Waals surface area contributed by atoms with Crippen molar-refractivity contribution in [2.24, 2.45) is 4.99 Å². The molecule has 1 aromatic carbocycles. The molecule has 0 saturated carbocycles. The molecule has 4 nitrogen and oxygen atoms in total. The second-order valence-electron chi connectivity index (χ2n) is 4.26. The molecule has 1 atom stereocenters. The van der Waals surface area contributed by atoms with Gasteiger partial charge in [0.25, 0.3) is 0 Å². The first kappa shape index (κ1) is 12.6. The third-order valence-electron chi connectivity index (χ3n) is 3.04. The van der Waals surface area contributed by atoms with Crippen LogP contribution in [0.1, 0.15) is 25.1 Å². The van der Waals surface area contributed by atoms with Gasteiger partial charge < -0.3 is 5.32 Å². The molecule has 1 aliphatic rings. The number of amidine groups is 1. The first-order chi connectivity index (χ1) is 8.74. The Kier molecular flexibility index (Phi) is 3.99. The molecule has 18 heavy (non-hydrogen) atoms. The van der Waals surface area contributed by atoms with Crippen LogP contribution >= 0.6 is 0 Å². The van der Waals surface area contributed by atoms with E-state index in [4.69, 9.17) is 4.99 Å². The number of hydrogen-bond donors (Lipinski definition) is 2. The highest BCUT2D eigenvalue weighted by Gasteiger charge is 2.21. The molecule has 2 rings (SSSR count). The van der Waals surface area contributed by atoms with Crippen LogP contribution < -0.4 is 10.7 Å². The lowest BCUT2D eigenvalue weighted by Gasteiger charge is -2.15. The van der Waals surface area contributed by atoms with E-state index >= 15 is 0 Å². The standard InChI is InChI=1S/C14H20N4/c1-4-12(15-2)10-13-16-14(17-18(13)3)11-8-6-5-7-9-11/h5-10,14-15,17H,4H2,1-3H3/b12-10+. The minimum Gasteiger partial charge on any atom is -0.391 e. The van der Waals surface area contributed by atoms with Gasteiger partial charge in [-0.2, -0.15) is 0 Å². The average molecular weight is 244 g/mol. The summed E-state index contributed by atoms with van der Waals surface area (Å²) in [6, 6.07) is 10.3. The first-order valence-corrected chi connectivity index (χ1v) is 6.25. The van der Waals surface area contributed by atoms with Crippen LogP contribution in [0.25, 0.3) is 0 Å². The molecule has 0 fully saturated rings. The minimum atomic E-state index is 0.0115. The Labute approximate surface area is 108 Å². The molecule has 0 aromatic heterocycles. The van der Waals surface area contributed by atoms with Crippen LogP contribution in [0.15, 0.2) is 47.1 Å². The second-order valence-corrected chi connectivity index (χ2v) is 4.26. The zero-order chi connectivity index (χ0) is 13.0. The van der Waals surface area contributed by atoms with Gasteiger partial charge in [0.2, 0.25) is 0 Å². The van der Waals surface area contributed by atoms with Crippen molar-refractivity contribution < 1.29 is 0 Å². The summed E-state index contributed by atoms with van der Waals surface area (Å²) >= 11 is 0. The summed E-state index contributed by atoms with van der Waals surface area (Å²) < 4.78 is 0.